The second-order valence-corrected chi connectivity index (χ2v) is 6.79. The van der Waals surface area contributed by atoms with Gasteiger partial charge in [-0.3, -0.25) is 0 Å². The van der Waals surface area contributed by atoms with Crippen LogP contribution in [0.1, 0.15) is 17.5 Å². The first-order valence-corrected chi connectivity index (χ1v) is 9.13. The average molecular weight is 349 g/mol. The largest absolute Gasteiger partial charge is 0.362 e. The van der Waals surface area contributed by atoms with Crippen LogP contribution in [0.2, 0.25) is 0 Å². The Morgan fingerprint density at radius 1 is 1.09 bits per heavy atom. The average Bonchev–Trinajstić information content (AvgIpc) is 2.54. The van der Waals surface area contributed by atoms with Gasteiger partial charge in [0.2, 0.25) is 0 Å². The van der Waals surface area contributed by atoms with E-state index in [-0.39, 0.29) is 5.82 Å². The molecule has 2 aromatic carbocycles. The van der Waals surface area contributed by atoms with Crippen LogP contribution in [-0.2, 0) is 5.75 Å². The van der Waals surface area contributed by atoms with E-state index in [1.54, 1.807) is 0 Å². The molecule has 0 saturated carbocycles. The van der Waals surface area contributed by atoms with Crippen LogP contribution in [0.15, 0.2) is 48.5 Å². The summed E-state index contributed by atoms with van der Waals surface area (Å²) in [6, 6.07) is 14.8. The molecule has 5 heteroatoms. The first-order valence-electron chi connectivity index (χ1n) is 7.57. The van der Waals surface area contributed by atoms with Gasteiger partial charge in [-0.25, -0.2) is 4.39 Å². The summed E-state index contributed by atoms with van der Waals surface area (Å²) in [6.07, 6.45) is 1.03. The van der Waals surface area contributed by atoms with Gasteiger partial charge in [-0.05, 0) is 61.1 Å². The van der Waals surface area contributed by atoms with Gasteiger partial charge >= 0.3 is 0 Å². The van der Waals surface area contributed by atoms with Crippen molar-refractivity contribution in [1.82, 2.24) is 5.32 Å². The Balaban J connectivity index is 1.55. The highest BCUT2D eigenvalue weighted by atomic mass is 32.2. The zero-order chi connectivity index (χ0) is 16.5. The van der Waals surface area contributed by atoms with Gasteiger partial charge in [0.25, 0.3) is 0 Å². The number of nitrogens with one attached hydrogen (secondary N) is 2. The predicted octanol–water partition coefficient (Wildman–Crippen LogP) is 4.74. The fourth-order valence-corrected chi connectivity index (χ4v) is 3.10. The van der Waals surface area contributed by atoms with Crippen molar-refractivity contribution in [3.05, 3.63) is 65.5 Å². The fraction of sp³-hybridized carbons (Fsp3) is 0.278. The van der Waals surface area contributed by atoms with Gasteiger partial charge in [0.15, 0.2) is 5.11 Å². The number of halogens is 1. The molecule has 0 aliphatic rings. The Morgan fingerprint density at radius 2 is 1.78 bits per heavy atom. The van der Waals surface area contributed by atoms with Crippen molar-refractivity contribution < 1.29 is 4.39 Å². The molecule has 2 nitrogen and oxygen atoms in total. The standard InChI is InChI=1S/C18H21FN2S2/c1-14-3-9-17(10-4-14)21-18(22)20-11-2-12-23-13-15-5-7-16(19)8-6-15/h3-10H,2,11-13H2,1H3,(H2,20,21,22). The Bertz CT molecular complexity index is 612. The summed E-state index contributed by atoms with van der Waals surface area (Å²) in [5.74, 6) is 1.77. The molecule has 0 heterocycles. The van der Waals surface area contributed by atoms with Gasteiger partial charge in [-0.2, -0.15) is 11.8 Å². The normalized spacial score (nSPS) is 10.3. The van der Waals surface area contributed by atoms with E-state index in [1.807, 2.05) is 36.0 Å². The van der Waals surface area contributed by atoms with E-state index in [0.717, 1.165) is 35.7 Å². The fourth-order valence-electron chi connectivity index (χ4n) is 1.96. The molecule has 0 bridgehead atoms. The lowest BCUT2D eigenvalue weighted by Gasteiger charge is -2.10. The molecule has 2 rings (SSSR count). The van der Waals surface area contributed by atoms with Crippen LogP contribution in [0.4, 0.5) is 10.1 Å². The smallest absolute Gasteiger partial charge is 0.170 e. The highest BCUT2D eigenvalue weighted by Gasteiger charge is 1.98. The Kier molecular flexibility index (Phi) is 7.36. The lowest BCUT2D eigenvalue weighted by Crippen LogP contribution is -2.29. The third-order valence-corrected chi connectivity index (χ3v) is 4.60. The summed E-state index contributed by atoms with van der Waals surface area (Å²) in [5, 5.41) is 7.03. The summed E-state index contributed by atoms with van der Waals surface area (Å²) in [6.45, 7) is 2.90. The van der Waals surface area contributed by atoms with Gasteiger partial charge < -0.3 is 10.6 Å². The van der Waals surface area contributed by atoms with Crippen LogP contribution in [0.5, 0.6) is 0 Å². The second-order valence-electron chi connectivity index (χ2n) is 5.28. The molecule has 0 fully saturated rings. The van der Waals surface area contributed by atoms with Crippen LogP contribution < -0.4 is 10.6 Å². The lowest BCUT2D eigenvalue weighted by atomic mass is 10.2. The molecule has 0 unspecified atom stereocenters. The number of aryl methyl sites for hydroxylation is 1. The number of thioether (sulfide) groups is 1. The van der Waals surface area contributed by atoms with E-state index in [0.29, 0.717) is 5.11 Å². The number of thiocarbonyl (C=S) groups is 1. The van der Waals surface area contributed by atoms with Gasteiger partial charge in [0, 0.05) is 18.0 Å². The zero-order valence-corrected chi connectivity index (χ0v) is 14.8. The van der Waals surface area contributed by atoms with E-state index >= 15 is 0 Å². The molecule has 0 atom stereocenters. The maximum Gasteiger partial charge on any atom is 0.170 e. The molecule has 0 aliphatic heterocycles. The third kappa shape index (κ3) is 7.01. The molecule has 122 valence electrons. The molecule has 0 spiro atoms. The summed E-state index contributed by atoms with van der Waals surface area (Å²) >= 11 is 7.11. The van der Waals surface area contributed by atoms with Gasteiger partial charge in [-0.1, -0.05) is 29.8 Å². The molecule has 0 saturated heterocycles. The van der Waals surface area contributed by atoms with Gasteiger partial charge in [0.05, 0.1) is 0 Å². The van der Waals surface area contributed by atoms with Crippen molar-refractivity contribution in [2.75, 3.05) is 17.6 Å². The van der Waals surface area contributed by atoms with Crippen molar-refractivity contribution >= 4 is 34.8 Å². The van der Waals surface area contributed by atoms with Crippen molar-refractivity contribution in [2.24, 2.45) is 0 Å². The maximum atomic E-state index is 12.8. The molecule has 0 aliphatic carbocycles. The van der Waals surface area contributed by atoms with E-state index in [2.05, 4.69) is 29.7 Å². The van der Waals surface area contributed by atoms with Crippen LogP contribution in [0, 0.1) is 12.7 Å². The number of benzene rings is 2. The molecular weight excluding hydrogens is 327 g/mol. The topological polar surface area (TPSA) is 24.1 Å². The Hall–Kier alpha value is -1.59. The summed E-state index contributed by atoms with van der Waals surface area (Å²) in [7, 11) is 0. The summed E-state index contributed by atoms with van der Waals surface area (Å²) in [5.41, 5.74) is 3.38. The quantitative estimate of drug-likeness (QED) is 0.557. The lowest BCUT2D eigenvalue weighted by molar-refractivity contribution is 0.627. The number of hydrogen-bond acceptors (Lipinski definition) is 2. The third-order valence-electron chi connectivity index (χ3n) is 3.24. The molecule has 2 aromatic rings. The Labute approximate surface area is 146 Å². The molecule has 2 N–H and O–H groups in total. The molecule has 0 radical (unpaired) electrons. The second kappa shape index (κ2) is 9.53. The molecule has 0 aromatic heterocycles. The number of anilines is 1. The van der Waals surface area contributed by atoms with Crippen molar-refractivity contribution in [3.63, 3.8) is 0 Å². The number of rotatable bonds is 7. The van der Waals surface area contributed by atoms with Crippen LogP contribution >= 0.6 is 24.0 Å². The minimum Gasteiger partial charge on any atom is -0.362 e. The minimum atomic E-state index is -0.183. The highest BCUT2D eigenvalue weighted by Crippen LogP contribution is 2.13. The van der Waals surface area contributed by atoms with Crippen molar-refractivity contribution in [2.45, 2.75) is 19.1 Å². The predicted molar refractivity (Wildman–Crippen MR) is 103 cm³/mol. The summed E-state index contributed by atoms with van der Waals surface area (Å²) < 4.78 is 12.8. The van der Waals surface area contributed by atoms with Crippen LogP contribution in [-0.4, -0.2) is 17.4 Å². The van der Waals surface area contributed by atoms with Crippen molar-refractivity contribution in [3.8, 4) is 0 Å². The summed E-state index contributed by atoms with van der Waals surface area (Å²) in [4.78, 5) is 0. The maximum absolute atomic E-state index is 12.8. The highest BCUT2D eigenvalue weighted by molar-refractivity contribution is 7.98. The van der Waals surface area contributed by atoms with E-state index in [4.69, 9.17) is 12.2 Å². The molecular formula is C18H21FN2S2. The molecule has 23 heavy (non-hydrogen) atoms. The minimum absolute atomic E-state index is 0.183. The Morgan fingerprint density at radius 3 is 2.48 bits per heavy atom. The van der Waals surface area contributed by atoms with Gasteiger partial charge in [-0.15, -0.1) is 0 Å². The number of hydrogen-bond donors (Lipinski definition) is 2. The van der Waals surface area contributed by atoms with E-state index < -0.39 is 0 Å². The first-order chi connectivity index (χ1) is 11.1. The monoisotopic (exact) mass is 348 g/mol. The first kappa shape index (κ1) is 17.8. The van der Waals surface area contributed by atoms with Crippen LogP contribution in [0.3, 0.4) is 0 Å². The zero-order valence-electron chi connectivity index (χ0n) is 13.1. The van der Waals surface area contributed by atoms with E-state index in [1.165, 1.54) is 17.7 Å². The van der Waals surface area contributed by atoms with Crippen LogP contribution in [0.25, 0.3) is 0 Å². The van der Waals surface area contributed by atoms with Crippen molar-refractivity contribution in [1.29, 1.82) is 0 Å². The molecule has 0 amide bonds. The van der Waals surface area contributed by atoms with E-state index in [9.17, 15) is 4.39 Å². The SMILES string of the molecule is Cc1ccc(NC(=S)NCCCSCc2ccc(F)cc2)cc1. The van der Waals surface area contributed by atoms with Gasteiger partial charge in [0.1, 0.15) is 5.82 Å².